The number of amides is 1. The smallest absolute Gasteiger partial charge is 0.248 e. The van der Waals surface area contributed by atoms with Crippen molar-refractivity contribution in [1.82, 2.24) is 0 Å². The predicted octanol–water partition coefficient (Wildman–Crippen LogP) is 4.84. The Hall–Kier alpha value is -3.47. The van der Waals surface area contributed by atoms with Gasteiger partial charge in [0.05, 0.1) is 19.1 Å². The molecule has 2 heterocycles. The van der Waals surface area contributed by atoms with E-state index >= 15 is 0 Å². The van der Waals surface area contributed by atoms with E-state index in [0.717, 1.165) is 16.4 Å². The summed E-state index contributed by atoms with van der Waals surface area (Å²) in [6.07, 6.45) is 4.55. The maximum Gasteiger partial charge on any atom is 0.248 e. The Bertz CT molecular complexity index is 1070. The first-order valence-electron chi connectivity index (χ1n) is 7.76. The fourth-order valence-corrected chi connectivity index (χ4v) is 2.74. The minimum absolute atomic E-state index is 0.287. The van der Waals surface area contributed by atoms with Gasteiger partial charge in [0, 0.05) is 22.9 Å². The highest BCUT2D eigenvalue weighted by molar-refractivity contribution is 6.09. The van der Waals surface area contributed by atoms with Crippen LogP contribution in [0.5, 0.6) is 5.75 Å². The lowest BCUT2D eigenvalue weighted by Gasteiger charge is -2.08. The molecule has 0 aliphatic rings. The van der Waals surface area contributed by atoms with Crippen molar-refractivity contribution >= 4 is 39.6 Å². The van der Waals surface area contributed by atoms with Crippen molar-refractivity contribution in [3.05, 3.63) is 66.6 Å². The van der Waals surface area contributed by atoms with E-state index in [4.69, 9.17) is 13.6 Å². The van der Waals surface area contributed by atoms with Crippen LogP contribution in [-0.4, -0.2) is 13.0 Å². The number of nitrogens with one attached hydrogen (secondary N) is 1. The number of ether oxygens (including phenoxy) is 1. The summed E-state index contributed by atoms with van der Waals surface area (Å²) in [5, 5.41) is 4.76. The van der Waals surface area contributed by atoms with Gasteiger partial charge in [-0.2, -0.15) is 0 Å². The van der Waals surface area contributed by atoms with Gasteiger partial charge in [-0.25, -0.2) is 0 Å². The second-order valence-corrected chi connectivity index (χ2v) is 5.48. The van der Waals surface area contributed by atoms with E-state index in [-0.39, 0.29) is 5.91 Å². The van der Waals surface area contributed by atoms with Crippen molar-refractivity contribution in [2.75, 3.05) is 12.4 Å². The number of hydrogen-bond acceptors (Lipinski definition) is 4. The van der Waals surface area contributed by atoms with Crippen LogP contribution < -0.4 is 10.1 Å². The van der Waals surface area contributed by atoms with Crippen LogP contribution >= 0.6 is 0 Å². The van der Waals surface area contributed by atoms with Gasteiger partial charge in [0.25, 0.3) is 0 Å². The van der Waals surface area contributed by atoms with Gasteiger partial charge < -0.3 is 18.9 Å². The number of rotatable bonds is 4. The number of furan rings is 2. The molecule has 4 aromatic rings. The molecule has 0 atom stereocenters. The zero-order chi connectivity index (χ0) is 17.2. The fourth-order valence-electron chi connectivity index (χ4n) is 2.74. The molecule has 0 aliphatic heterocycles. The molecular formula is C20H15NO4. The Morgan fingerprint density at radius 3 is 2.76 bits per heavy atom. The molecule has 0 spiro atoms. The van der Waals surface area contributed by atoms with Crippen molar-refractivity contribution < 1.29 is 18.4 Å². The highest BCUT2D eigenvalue weighted by Gasteiger charge is 2.13. The summed E-state index contributed by atoms with van der Waals surface area (Å²) < 4.78 is 16.4. The third-order valence-corrected chi connectivity index (χ3v) is 3.90. The highest BCUT2D eigenvalue weighted by Crippen LogP contribution is 2.36. The molecule has 5 heteroatoms. The van der Waals surface area contributed by atoms with Gasteiger partial charge in [-0.3, -0.25) is 4.79 Å². The zero-order valence-corrected chi connectivity index (χ0v) is 13.5. The lowest BCUT2D eigenvalue weighted by atomic mass is 10.1. The standard InChI is InChI=1S/C20H15NO4/c1-23-19-11-15-14-6-2-3-7-17(14)25-18(15)12-16(19)21-20(22)9-8-13-5-4-10-24-13/h2-12H,1H3,(H,21,22)/b9-8+. The number of hydrogen-bond donors (Lipinski definition) is 1. The van der Waals surface area contributed by atoms with E-state index in [2.05, 4.69) is 5.32 Å². The first kappa shape index (κ1) is 15.1. The molecule has 0 saturated heterocycles. The molecule has 124 valence electrons. The van der Waals surface area contributed by atoms with Gasteiger partial charge >= 0.3 is 0 Å². The Labute approximate surface area is 143 Å². The van der Waals surface area contributed by atoms with Crippen molar-refractivity contribution in [2.45, 2.75) is 0 Å². The molecule has 0 fully saturated rings. The molecule has 2 aromatic heterocycles. The summed E-state index contributed by atoms with van der Waals surface area (Å²) in [5.41, 5.74) is 2.02. The molecule has 0 unspecified atom stereocenters. The van der Waals surface area contributed by atoms with E-state index in [1.807, 2.05) is 30.3 Å². The molecule has 1 amide bonds. The van der Waals surface area contributed by atoms with Crippen molar-refractivity contribution in [3.8, 4) is 5.75 Å². The topological polar surface area (TPSA) is 64.6 Å². The van der Waals surface area contributed by atoms with Gasteiger partial charge in [0.15, 0.2) is 0 Å². The van der Waals surface area contributed by atoms with Gasteiger partial charge in [0.1, 0.15) is 22.7 Å². The van der Waals surface area contributed by atoms with E-state index in [1.165, 1.54) is 6.08 Å². The van der Waals surface area contributed by atoms with E-state index in [0.29, 0.717) is 22.8 Å². The number of carbonyl (C=O) groups is 1. The largest absolute Gasteiger partial charge is 0.495 e. The number of fused-ring (bicyclic) bond motifs is 3. The lowest BCUT2D eigenvalue weighted by Crippen LogP contribution is -2.08. The molecule has 1 N–H and O–H groups in total. The van der Waals surface area contributed by atoms with Crippen LogP contribution in [0.15, 0.2) is 69.7 Å². The van der Waals surface area contributed by atoms with E-state index in [1.54, 1.807) is 37.6 Å². The zero-order valence-electron chi connectivity index (χ0n) is 13.5. The molecular weight excluding hydrogens is 318 g/mol. The fraction of sp³-hybridized carbons (Fsp3) is 0.0500. The molecule has 0 radical (unpaired) electrons. The normalized spacial score (nSPS) is 11.4. The average Bonchev–Trinajstić information content (AvgIpc) is 3.26. The second kappa shape index (κ2) is 6.20. The van der Waals surface area contributed by atoms with Crippen LogP contribution in [0.4, 0.5) is 5.69 Å². The number of methoxy groups -OCH3 is 1. The second-order valence-electron chi connectivity index (χ2n) is 5.48. The summed E-state index contributed by atoms with van der Waals surface area (Å²) in [7, 11) is 1.57. The molecule has 0 saturated carbocycles. The SMILES string of the molecule is COc1cc2c(cc1NC(=O)/C=C/c1ccco1)oc1ccccc12. The van der Waals surface area contributed by atoms with Crippen molar-refractivity contribution in [2.24, 2.45) is 0 Å². The Kier molecular flexibility index (Phi) is 3.74. The van der Waals surface area contributed by atoms with Crippen LogP contribution in [-0.2, 0) is 4.79 Å². The maximum atomic E-state index is 12.2. The van der Waals surface area contributed by atoms with E-state index in [9.17, 15) is 4.79 Å². The molecule has 2 aromatic carbocycles. The number of benzene rings is 2. The molecule has 5 nitrogen and oxygen atoms in total. The number of anilines is 1. The van der Waals surface area contributed by atoms with Crippen molar-refractivity contribution in [1.29, 1.82) is 0 Å². The lowest BCUT2D eigenvalue weighted by molar-refractivity contribution is -0.111. The third-order valence-electron chi connectivity index (χ3n) is 3.90. The summed E-state index contributed by atoms with van der Waals surface area (Å²) in [5.74, 6) is 0.888. The summed E-state index contributed by atoms with van der Waals surface area (Å²) in [4.78, 5) is 12.2. The third kappa shape index (κ3) is 2.87. The summed E-state index contributed by atoms with van der Waals surface area (Å²) >= 11 is 0. The number of carbonyl (C=O) groups excluding carboxylic acids is 1. The average molecular weight is 333 g/mol. The molecule has 4 rings (SSSR count). The monoisotopic (exact) mass is 333 g/mol. The Morgan fingerprint density at radius 1 is 1.08 bits per heavy atom. The molecule has 0 aliphatic carbocycles. The van der Waals surface area contributed by atoms with E-state index < -0.39 is 0 Å². The predicted molar refractivity (Wildman–Crippen MR) is 96.6 cm³/mol. The van der Waals surface area contributed by atoms with Gasteiger partial charge in [-0.1, -0.05) is 18.2 Å². The Morgan fingerprint density at radius 2 is 1.96 bits per heavy atom. The highest BCUT2D eigenvalue weighted by atomic mass is 16.5. The number of para-hydroxylation sites is 1. The summed E-state index contributed by atoms with van der Waals surface area (Å²) in [6.45, 7) is 0. The first-order chi connectivity index (χ1) is 12.2. The van der Waals surface area contributed by atoms with Crippen molar-refractivity contribution in [3.63, 3.8) is 0 Å². The van der Waals surface area contributed by atoms with Crippen LogP contribution in [0.1, 0.15) is 5.76 Å². The first-order valence-corrected chi connectivity index (χ1v) is 7.76. The van der Waals surface area contributed by atoms with Gasteiger partial charge in [-0.15, -0.1) is 0 Å². The van der Waals surface area contributed by atoms with Crippen LogP contribution in [0.2, 0.25) is 0 Å². The van der Waals surface area contributed by atoms with Crippen LogP contribution in [0.3, 0.4) is 0 Å². The summed E-state index contributed by atoms with van der Waals surface area (Å²) in [6, 6.07) is 14.9. The van der Waals surface area contributed by atoms with Gasteiger partial charge in [-0.05, 0) is 30.3 Å². The molecule has 25 heavy (non-hydrogen) atoms. The van der Waals surface area contributed by atoms with Crippen LogP contribution in [0, 0.1) is 0 Å². The van der Waals surface area contributed by atoms with Crippen LogP contribution in [0.25, 0.3) is 28.0 Å². The van der Waals surface area contributed by atoms with Gasteiger partial charge in [0.2, 0.25) is 5.91 Å². The minimum atomic E-state index is -0.287. The quantitative estimate of drug-likeness (QED) is 0.543. The Balaban J connectivity index is 1.68. The maximum absolute atomic E-state index is 12.2. The minimum Gasteiger partial charge on any atom is -0.495 e. The molecule has 0 bridgehead atoms.